The summed E-state index contributed by atoms with van der Waals surface area (Å²) in [7, 11) is 0. The first-order chi connectivity index (χ1) is 14.0. The maximum atomic E-state index is 12.0. The number of phenols is 1. The highest BCUT2D eigenvalue weighted by molar-refractivity contribution is 5.99. The van der Waals surface area contributed by atoms with Gasteiger partial charge in [-0.1, -0.05) is 75.4 Å². The number of carbonyl (C=O) groups is 1. The molecule has 3 rings (SSSR count). The fraction of sp³-hybridized carbons (Fsp3) is 0.192. The molecule has 3 heteroatoms. The zero-order chi connectivity index (χ0) is 20.8. The maximum Gasteiger partial charge on any atom is 0.226 e. The second-order valence-corrected chi connectivity index (χ2v) is 7.34. The Balaban J connectivity index is 2.09. The molecule has 0 atom stereocenters. The maximum absolute atomic E-state index is 12.0. The highest BCUT2D eigenvalue weighted by Crippen LogP contribution is 2.35. The summed E-state index contributed by atoms with van der Waals surface area (Å²) in [4.78, 5) is 12.0. The summed E-state index contributed by atoms with van der Waals surface area (Å²) in [6.07, 6.45) is 0.848. The molecule has 0 radical (unpaired) electrons. The number of phenolic OH excluding ortho intramolecular Hbond substituents is 1. The van der Waals surface area contributed by atoms with E-state index in [2.05, 4.69) is 24.4 Å². The Morgan fingerprint density at radius 1 is 0.828 bits per heavy atom. The largest absolute Gasteiger partial charge is 0.508 e. The molecule has 3 aromatic rings. The third-order valence-corrected chi connectivity index (χ3v) is 4.90. The minimum Gasteiger partial charge on any atom is -0.508 e. The molecule has 148 valence electrons. The van der Waals surface area contributed by atoms with Crippen LogP contribution in [0.25, 0.3) is 11.1 Å². The lowest BCUT2D eigenvalue weighted by Gasteiger charge is -2.17. The molecule has 0 aliphatic carbocycles. The molecule has 0 aliphatic heterocycles. The second-order valence-electron chi connectivity index (χ2n) is 7.34. The van der Waals surface area contributed by atoms with Crippen molar-refractivity contribution in [3.8, 4) is 5.75 Å². The van der Waals surface area contributed by atoms with Gasteiger partial charge in [0.1, 0.15) is 5.75 Å². The summed E-state index contributed by atoms with van der Waals surface area (Å²) < 4.78 is 0. The van der Waals surface area contributed by atoms with Gasteiger partial charge in [0.15, 0.2) is 0 Å². The molecule has 0 aliphatic rings. The van der Waals surface area contributed by atoms with Crippen LogP contribution >= 0.6 is 0 Å². The van der Waals surface area contributed by atoms with Crippen LogP contribution in [0.1, 0.15) is 43.9 Å². The summed E-state index contributed by atoms with van der Waals surface area (Å²) >= 11 is 0. The number of benzene rings is 3. The molecule has 1 amide bonds. The molecule has 0 saturated heterocycles. The van der Waals surface area contributed by atoms with Crippen LogP contribution in [0.4, 0.5) is 5.69 Å². The van der Waals surface area contributed by atoms with Gasteiger partial charge in [0.05, 0.1) is 0 Å². The van der Waals surface area contributed by atoms with Crippen molar-refractivity contribution in [2.75, 3.05) is 5.32 Å². The van der Waals surface area contributed by atoms with Crippen molar-refractivity contribution in [3.05, 3.63) is 95.6 Å². The smallest absolute Gasteiger partial charge is 0.226 e. The topological polar surface area (TPSA) is 49.3 Å². The third kappa shape index (κ3) is 4.94. The number of hydrogen-bond donors (Lipinski definition) is 2. The van der Waals surface area contributed by atoms with Gasteiger partial charge >= 0.3 is 0 Å². The van der Waals surface area contributed by atoms with Gasteiger partial charge in [0.2, 0.25) is 5.91 Å². The van der Waals surface area contributed by atoms with E-state index in [0.29, 0.717) is 0 Å². The molecule has 0 heterocycles. The van der Waals surface area contributed by atoms with E-state index < -0.39 is 0 Å². The Hall–Kier alpha value is -3.33. The van der Waals surface area contributed by atoms with Gasteiger partial charge in [-0.2, -0.15) is 0 Å². The molecule has 29 heavy (non-hydrogen) atoms. The van der Waals surface area contributed by atoms with Crippen LogP contribution in [-0.4, -0.2) is 11.0 Å². The van der Waals surface area contributed by atoms with Crippen molar-refractivity contribution in [1.29, 1.82) is 0 Å². The van der Waals surface area contributed by atoms with Crippen molar-refractivity contribution < 1.29 is 9.90 Å². The first kappa shape index (κ1) is 20.4. The highest BCUT2D eigenvalue weighted by Gasteiger charge is 2.14. The van der Waals surface area contributed by atoms with Crippen molar-refractivity contribution in [2.45, 2.75) is 27.2 Å². The van der Waals surface area contributed by atoms with E-state index in [1.54, 1.807) is 12.1 Å². The Kier molecular flexibility index (Phi) is 6.50. The monoisotopic (exact) mass is 385 g/mol. The van der Waals surface area contributed by atoms with Crippen molar-refractivity contribution in [2.24, 2.45) is 5.92 Å². The number of aromatic hydroxyl groups is 1. The second kappa shape index (κ2) is 9.24. The Morgan fingerprint density at radius 3 is 1.93 bits per heavy atom. The van der Waals surface area contributed by atoms with Gasteiger partial charge < -0.3 is 10.4 Å². The Morgan fingerprint density at radius 2 is 1.38 bits per heavy atom. The molecule has 0 bridgehead atoms. The first-order valence-electron chi connectivity index (χ1n) is 9.99. The summed E-state index contributed by atoms with van der Waals surface area (Å²) in [5.41, 5.74) is 6.46. The molecule has 0 saturated carbocycles. The lowest BCUT2D eigenvalue weighted by molar-refractivity contribution is -0.118. The van der Waals surface area contributed by atoms with Crippen molar-refractivity contribution in [1.82, 2.24) is 0 Å². The standard InChI is InChI=1S/C26H27NO2/c1-4-24(19-12-16-23(28)17-13-19)25(20-8-6-5-7-9-20)21-10-14-22(15-11-21)27-26(29)18(2)3/h5-18,28H,4H2,1-3H3,(H,27,29)/b25-24+. The lowest BCUT2D eigenvalue weighted by atomic mass is 9.88. The van der Waals surface area contributed by atoms with Crippen LogP contribution in [0.15, 0.2) is 78.9 Å². The first-order valence-corrected chi connectivity index (χ1v) is 9.99. The molecule has 3 nitrogen and oxygen atoms in total. The number of nitrogens with one attached hydrogen (secondary N) is 1. The van der Waals surface area contributed by atoms with Crippen LogP contribution in [-0.2, 0) is 4.79 Å². The summed E-state index contributed by atoms with van der Waals surface area (Å²) in [5.74, 6) is 0.210. The average Bonchev–Trinajstić information content (AvgIpc) is 2.74. The van der Waals surface area contributed by atoms with Gasteiger partial charge in [0.25, 0.3) is 0 Å². The van der Waals surface area contributed by atoms with E-state index in [1.807, 2.05) is 68.4 Å². The van der Waals surface area contributed by atoms with Crippen LogP contribution < -0.4 is 5.32 Å². The van der Waals surface area contributed by atoms with Crippen molar-refractivity contribution >= 4 is 22.7 Å². The average molecular weight is 386 g/mol. The molecule has 0 fully saturated rings. The zero-order valence-electron chi connectivity index (χ0n) is 17.1. The van der Waals surface area contributed by atoms with Crippen LogP contribution in [0, 0.1) is 5.92 Å². The number of amides is 1. The van der Waals surface area contributed by atoms with Gasteiger partial charge in [-0.05, 0) is 58.5 Å². The van der Waals surface area contributed by atoms with Crippen LogP contribution in [0.5, 0.6) is 5.75 Å². The molecule has 3 aromatic carbocycles. The Labute approximate surface area is 172 Å². The Bertz CT molecular complexity index is 985. The van der Waals surface area contributed by atoms with Gasteiger partial charge in [-0.3, -0.25) is 4.79 Å². The predicted molar refractivity (Wildman–Crippen MR) is 121 cm³/mol. The summed E-state index contributed by atoms with van der Waals surface area (Å²) in [6, 6.07) is 25.7. The lowest BCUT2D eigenvalue weighted by Crippen LogP contribution is -2.17. The van der Waals surface area contributed by atoms with Crippen molar-refractivity contribution in [3.63, 3.8) is 0 Å². The molecule has 0 aromatic heterocycles. The number of allylic oxidation sites excluding steroid dienone is 1. The van der Waals surface area contributed by atoms with E-state index in [0.717, 1.165) is 34.4 Å². The number of carbonyl (C=O) groups excluding carboxylic acids is 1. The van der Waals surface area contributed by atoms with E-state index in [4.69, 9.17) is 0 Å². The SMILES string of the molecule is CC/C(=C(/c1ccccc1)c1ccc(NC(=O)C(C)C)cc1)c1ccc(O)cc1. The van der Waals surface area contributed by atoms with Gasteiger partial charge in [0, 0.05) is 11.6 Å². The van der Waals surface area contributed by atoms with E-state index in [9.17, 15) is 9.90 Å². The number of anilines is 1. The van der Waals surface area contributed by atoms with Crippen LogP contribution in [0.3, 0.4) is 0 Å². The fourth-order valence-electron chi connectivity index (χ4n) is 3.31. The van der Waals surface area contributed by atoms with Crippen LogP contribution in [0.2, 0.25) is 0 Å². The quantitative estimate of drug-likeness (QED) is 0.485. The molecule has 2 N–H and O–H groups in total. The van der Waals surface area contributed by atoms with Gasteiger partial charge in [-0.25, -0.2) is 0 Å². The zero-order valence-corrected chi connectivity index (χ0v) is 17.1. The fourth-order valence-corrected chi connectivity index (χ4v) is 3.31. The number of hydrogen-bond acceptors (Lipinski definition) is 2. The van der Waals surface area contributed by atoms with E-state index >= 15 is 0 Å². The van der Waals surface area contributed by atoms with Gasteiger partial charge in [-0.15, -0.1) is 0 Å². The molecule has 0 spiro atoms. The molecular weight excluding hydrogens is 358 g/mol. The molecule has 0 unspecified atom stereocenters. The number of rotatable bonds is 6. The van der Waals surface area contributed by atoms with E-state index in [1.165, 1.54) is 5.57 Å². The normalized spacial score (nSPS) is 11.9. The summed E-state index contributed by atoms with van der Waals surface area (Å²) in [6.45, 7) is 5.90. The highest BCUT2D eigenvalue weighted by atomic mass is 16.3. The molecular formula is C26H27NO2. The third-order valence-electron chi connectivity index (χ3n) is 4.90. The minimum absolute atomic E-state index is 0.00918. The minimum atomic E-state index is -0.0596. The summed E-state index contributed by atoms with van der Waals surface area (Å²) in [5, 5.41) is 12.6. The van der Waals surface area contributed by atoms with E-state index in [-0.39, 0.29) is 17.6 Å². The predicted octanol–water partition coefficient (Wildman–Crippen LogP) is 6.36.